The molecule has 8 nitrogen and oxygen atoms in total. The maximum atomic E-state index is 13.4. The summed E-state index contributed by atoms with van der Waals surface area (Å²) in [7, 11) is 1.29. The number of β-lactam (4-membered cyclic amide) rings is 1. The van der Waals surface area contributed by atoms with Crippen LogP contribution in [0, 0.1) is 0 Å². The third-order valence-electron chi connectivity index (χ3n) is 7.73. The molecule has 0 unspecified atom stereocenters. The third kappa shape index (κ3) is 8.48. The minimum absolute atomic E-state index is 0.177. The summed E-state index contributed by atoms with van der Waals surface area (Å²) >= 11 is 1.46. The third-order valence-corrected chi connectivity index (χ3v) is 9.30. The first-order valence-corrected chi connectivity index (χ1v) is 15.7. The molecule has 1 N–H and O–H groups in total. The fourth-order valence-corrected chi connectivity index (χ4v) is 7.13. The molecule has 2 aliphatic heterocycles. The average molecular weight is 575 g/mol. The maximum absolute atomic E-state index is 13.4. The van der Waals surface area contributed by atoms with Gasteiger partial charge in [0.2, 0.25) is 11.8 Å². The molecule has 1 aromatic carbocycles. The normalized spacial score (nSPS) is 21.8. The molecule has 1 aromatic rings. The second-order valence-corrected chi connectivity index (χ2v) is 13.2. The van der Waals surface area contributed by atoms with Crippen LogP contribution in [0.2, 0.25) is 0 Å². The molecule has 2 fully saturated rings. The highest BCUT2D eigenvalue weighted by Gasteiger charge is 2.64. The largest absolute Gasteiger partial charge is 0.466 e. The average Bonchev–Trinajstić information content (AvgIpc) is 3.19. The van der Waals surface area contributed by atoms with Gasteiger partial charge in [-0.15, -0.1) is 11.8 Å². The van der Waals surface area contributed by atoms with Crippen molar-refractivity contribution in [1.29, 1.82) is 0 Å². The van der Waals surface area contributed by atoms with E-state index in [1.165, 1.54) is 68.7 Å². The number of fused-ring (bicyclic) bond motifs is 1. The number of carbonyl (C=O) groups is 4. The van der Waals surface area contributed by atoms with Gasteiger partial charge in [-0.05, 0) is 32.3 Å². The second-order valence-electron chi connectivity index (χ2n) is 11.4. The van der Waals surface area contributed by atoms with Crippen LogP contribution < -0.4 is 5.32 Å². The number of esters is 2. The Balaban J connectivity index is 1.48. The number of methoxy groups -OCH3 is 1. The Morgan fingerprint density at radius 1 is 0.975 bits per heavy atom. The molecule has 0 bridgehead atoms. The van der Waals surface area contributed by atoms with Crippen molar-refractivity contribution in [3.05, 3.63) is 35.9 Å². The van der Waals surface area contributed by atoms with E-state index in [1.54, 1.807) is 0 Å². The molecule has 0 radical (unpaired) electrons. The predicted molar refractivity (Wildman–Crippen MR) is 157 cm³/mol. The number of hydrogen-bond donors (Lipinski definition) is 1. The van der Waals surface area contributed by atoms with Gasteiger partial charge in [-0.25, -0.2) is 9.59 Å². The summed E-state index contributed by atoms with van der Waals surface area (Å²) in [6, 6.07) is 7.79. The number of nitrogens with one attached hydrogen (secondary N) is 1. The van der Waals surface area contributed by atoms with E-state index >= 15 is 0 Å². The lowest BCUT2D eigenvalue weighted by Gasteiger charge is -2.44. The zero-order valence-electron chi connectivity index (χ0n) is 24.5. The topological polar surface area (TPSA) is 102 Å². The number of unbranched alkanes of at least 4 members (excludes halogenated alkanes) is 9. The summed E-state index contributed by atoms with van der Waals surface area (Å²) in [6.07, 6.45) is 11.2. The zero-order valence-corrected chi connectivity index (χ0v) is 25.3. The number of hydrogen-bond acceptors (Lipinski definition) is 7. The van der Waals surface area contributed by atoms with Crippen molar-refractivity contribution in [2.75, 3.05) is 7.11 Å². The van der Waals surface area contributed by atoms with E-state index in [0.29, 0.717) is 6.42 Å². The summed E-state index contributed by atoms with van der Waals surface area (Å²) < 4.78 is 9.96. The molecule has 4 atom stereocenters. The molecule has 2 aliphatic rings. The van der Waals surface area contributed by atoms with Crippen molar-refractivity contribution in [1.82, 2.24) is 10.2 Å². The fraction of sp³-hybridized carbons (Fsp3) is 0.677. The highest BCUT2D eigenvalue weighted by Crippen LogP contribution is 2.51. The molecule has 2 heterocycles. The Morgan fingerprint density at radius 3 is 2.17 bits per heavy atom. The van der Waals surface area contributed by atoms with Gasteiger partial charge in [0.1, 0.15) is 17.5 Å². The van der Waals surface area contributed by atoms with E-state index in [9.17, 15) is 19.2 Å². The lowest BCUT2D eigenvalue weighted by atomic mass is 9.95. The van der Waals surface area contributed by atoms with E-state index < -0.39 is 34.9 Å². The van der Waals surface area contributed by atoms with E-state index in [0.717, 1.165) is 24.8 Å². The van der Waals surface area contributed by atoms with E-state index in [-0.39, 0.29) is 23.6 Å². The van der Waals surface area contributed by atoms with Gasteiger partial charge in [0, 0.05) is 4.75 Å². The van der Waals surface area contributed by atoms with Crippen LogP contribution in [0.15, 0.2) is 30.3 Å². The summed E-state index contributed by atoms with van der Waals surface area (Å²) in [6.45, 7) is 5.99. The molecular weight excluding hydrogens is 528 g/mol. The number of thioether (sulfide) groups is 1. The van der Waals surface area contributed by atoms with E-state index in [4.69, 9.17) is 9.47 Å². The summed E-state index contributed by atoms with van der Waals surface area (Å²) in [5.41, 5.74) is 0.862. The number of nitrogens with zero attached hydrogens (tertiary/aromatic N) is 1. The number of carbonyl (C=O) groups excluding carboxylic acids is 4. The van der Waals surface area contributed by atoms with Crippen molar-refractivity contribution < 1.29 is 28.7 Å². The van der Waals surface area contributed by atoms with Gasteiger partial charge in [0.15, 0.2) is 6.10 Å². The first-order chi connectivity index (χ1) is 19.2. The lowest BCUT2D eigenvalue weighted by molar-refractivity contribution is -0.175. The molecule has 0 saturated carbocycles. The van der Waals surface area contributed by atoms with Gasteiger partial charge in [0.05, 0.1) is 13.5 Å². The van der Waals surface area contributed by atoms with Gasteiger partial charge in [-0.1, -0.05) is 95.0 Å². The quantitative estimate of drug-likeness (QED) is 0.156. The fourth-order valence-electron chi connectivity index (χ4n) is 5.51. The van der Waals surface area contributed by atoms with Crippen LogP contribution in [-0.2, 0) is 35.1 Å². The van der Waals surface area contributed by atoms with Crippen LogP contribution >= 0.6 is 11.8 Å². The lowest BCUT2D eigenvalue weighted by Crippen LogP contribution is -2.71. The Kier molecular flexibility index (Phi) is 12.3. The van der Waals surface area contributed by atoms with Crippen LogP contribution in [0.1, 0.15) is 97.0 Å². The number of amides is 2. The molecular formula is C31H46N2O6S. The minimum Gasteiger partial charge on any atom is -0.466 e. The first-order valence-electron chi connectivity index (χ1n) is 14.8. The van der Waals surface area contributed by atoms with E-state index in [2.05, 4.69) is 12.2 Å². The van der Waals surface area contributed by atoms with Gasteiger partial charge in [0.25, 0.3) is 0 Å². The van der Waals surface area contributed by atoms with Crippen molar-refractivity contribution in [2.45, 2.75) is 126 Å². The molecule has 40 heavy (non-hydrogen) atoms. The molecule has 9 heteroatoms. The van der Waals surface area contributed by atoms with Crippen molar-refractivity contribution in [2.24, 2.45) is 0 Å². The van der Waals surface area contributed by atoms with Crippen molar-refractivity contribution >= 4 is 35.5 Å². The molecule has 3 rings (SSSR count). The highest BCUT2D eigenvalue weighted by atomic mass is 32.2. The molecule has 222 valence electrons. The predicted octanol–water partition coefficient (Wildman–Crippen LogP) is 5.17. The summed E-state index contributed by atoms with van der Waals surface area (Å²) in [4.78, 5) is 52.9. The maximum Gasteiger partial charge on any atom is 0.347 e. The highest BCUT2D eigenvalue weighted by molar-refractivity contribution is 8.01. The number of benzene rings is 1. The minimum atomic E-state index is -0.996. The molecule has 2 saturated heterocycles. The van der Waals surface area contributed by atoms with E-state index in [1.807, 2.05) is 44.2 Å². The number of rotatable bonds is 17. The summed E-state index contributed by atoms with van der Waals surface area (Å²) in [5, 5.41) is 2.47. The van der Waals surface area contributed by atoms with Crippen molar-refractivity contribution in [3.8, 4) is 0 Å². The smallest absolute Gasteiger partial charge is 0.347 e. The Hall–Kier alpha value is -2.55. The molecule has 2 amide bonds. The van der Waals surface area contributed by atoms with Crippen LogP contribution in [-0.4, -0.2) is 64.1 Å². The molecule has 0 aromatic heterocycles. The first kappa shape index (κ1) is 32.0. The van der Waals surface area contributed by atoms with Crippen LogP contribution in [0.25, 0.3) is 0 Å². The van der Waals surface area contributed by atoms with Crippen LogP contribution in [0.5, 0.6) is 0 Å². The van der Waals surface area contributed by atoms with Crippen LogP contribution in [0.4, 0.5) is 0 Å². The van der Waals surface area contributed by atoms with Gasteiger partial charge < -0.3 is 19.7 Å². The van der Waals surface area contributed by atoms with Gasteiger partial charge >= 0.3 is 11.9 Å². The second kappa shape index (κ2) is 15.5. The summed E-state index contributed by atoms with van der Waals surface area (Å²) in [5.74, 6) is -1.73. The van der Waals surface area contributed by atoms with Gasteiger partial charge in [-0.2, -0.15) is 0 Å². The molecule has 0 spiro atoms. The molecule has 0 aliphatic carbocycles. The standard InChI is InChI=1S/C31H46N2O6S/c1-5-6-7-8-9-10-11-12-13-17-20-23(29(36)38-4)39-30(37)26-31(2,3)40-28-25(27(35)33(26)28)32-24(34)21-22-18-15-14-16-19-22/h14-16,18-19,23,25-26,28H,5-13,17,20-21H2,1-4H3,(H,32,34)/t23-,25-,26+,28-/m1/s1. The SMILES string of the molecule is CCCCCCCCCCCC[C@@H](OC(=O)[C@@H]1N2C(=O)[C@@H](NC(=O)Cc3ccccc3)[C@H]2SC1(C)C)C(=O)OC. The Labute approximate surface area is 243 Å². The monoisotopic (exact) mass is 574 g/mol. The van der Waals surface area contributed by atoms with Crippen LogP contribution in [0.3, 0.4) is 0 Å². The van der Waals surface area contributed by atoms with Gasteiger partial charge in [-0.3, -0.25) is 9.59 Å². The van der Waals surface area contributed by atoms with Crippen molar-refractivity contribution in [3.63, 3.8) is 0 Å². The number of ether oxygens (including phenoxy) is 2. The zero-order chi connectivity index (χ0) is 29.1. The Morgan fingerprint density at radius 2 is 1.57 bits per heavy atom. The Bertz CT molecular complexity index is 1000.